The maximum absolute atomic E-state index is 11.9. The van der Waals surface area contributed by atoms with Crippen LogP contribution in [0.4, 0.5) is 5.88 Å². The van der Waals surface area contributed by atoms with Gasteiger partial charge >= 0.3 is 5.88 Å². The molecule has 0 saturated heterocycles. The van der Waals surface area contributed by atoms with Crippen LogP contribution in [0.2, 0.25) is 0 Å². The van der Waals surface area contributed by atoms with E-state index in [1.165, 1.54) is 18.2 Å². The van der Waals surface area contributed by atoms with Crippen molar-refractivity contribution in [3.05, 3.63) is 54.6 Å². The van der Waals surface area contributed by atoms with Crippen LogP contribution in [-0.4, -0.2) is 22.2 Å². The lowest BCUT2D eigenvalue weighted by Gasteiger charge is -2.05. The van der Waals surface area contributed by atoms with Crippen LogP contribution in [0.1, 0.15) is 16.1 Å². The molecular weight excluding hydrogens is 426 g/mol. The summed E-state index contributed by atoms with van der Waals surface area (Å²) in [7, 11) is 0. The van der Waals surface area contributed by atoms with E-state index < -0.39 is 16.7 Å². The molecule has 2 aromatic rings. The van der Waals surface area contributed by atoms with E-state index >= 15 is 0 Å². The Labute approximate surface area is 140 Å². The van der Waals surface area contributed by atoms with Crippen LogP contribution in [-0.2, 0) is 0 Å². The molecule has 2 rings (SSSR count). The lowest BCUT2D eigenvalue weighted by molar-refractivity contribution is -0.402. The van der Waals surface area contributed by atoms with Gasteiger partial charge in [0.25, 0.3) is 5.91 Å². The molecule has 0 bridgehead atoms. The van der Waals surface area contributed by atoms with Crippen LogP contribution in [0.5, 0.6) is 5.75 Å². The number of hydrogen-bond donors (Lipinski definition) is 2. The number of aromatic hydroxyl groups is 1. The number of nitrogens with zero attached hydrogens (tertiary/aromatic N) is 2. The van der Waals surface area contributed by atoms with Gasteiger partial charge in [-0.05, 0) is 34.1 Å². The second-order valence-electron chi connectivity index (χ2n) is 3.92. The van der Waals surface area contributed by atoms with E-state index in [0.717, 1.165) is 6.21 Å². The number of phenolic OH excluding ortho intramolecular Hbond substituents is 1. The molecule has 0 atom stereocenters. The summed E-state index contributed by atoms with van der Waals surface area (Å²) in [5.41, 5.74) is 2.18. The van der Waals surface area contributed by atoms with Crippen LogP contribution < -0.4 is 5.43 Å². The Kier molecular flexibility index (Phi) is 4.93. The van der Waals surface area contributed by atoms with E-state index in [2.05, 4.69) is 42.4 Å². The van der Waals surface area contributed by atoms with Crippen molar-refractivity contribution >= 4 is 49.9 Å². The molecule has 1 heterocycles. The normalized spacial score (nSPS) is 10.8. The van der Waals surface area contributed by atoms with E-state index in [0.29, 0.717) is 8.95 Å². The second-order valence-corrected chi connectivity index (χ2v) is 5.69. The van der Waals surface area contributed by atoms with Crippen molar-refractivity contribution in [3.63, 3.8) is 0 Å². The summed E-state index contributed by atoms with van der Waals surface area (Å²) in [5.74, 6) is -1.21. The Morgan fingerprint density at radius 2 is 2.14 bits per heavy atom. The summed E-state index contributed by atoms with van der Waals surface area (Å²) < 4.78 is 5.77. The zero-order chi connectivity index (χ0) is 16.3. The third kappa shape index (κ3) is 3.71. The molecule has 114 valence electrons. The largest absolute Gasteiger partial charge is 0.506 e. The molecule has 1 amide bonds. The molecule has 1 aromatic carbocycles. The predicted molar refractivity (Wildman–Crippen MR) is 83.9 cm³/mol. The first kappa shape index (κ1) is 16.2. The summed E-state index contributed by atoms with van der Waals surface area (Å²) in [4.78, 5) is 21.7. The van der Waals surface area contributed by atoms with Crippen molar-refractivity contribution in [2.45, 2.75) is 0 Å². The van der Waals surface area contributed by atoms with E-state index in [4.69, 9.17) is 4.42 Å². The standard InChI is InChI=1S/C12H7Br2N3O5/c13-6-3-8(11(18)9(14)4-6)12(19)16-15-5-7-1-2-10(22-7)17(20)21/h1-5,18H,(H,16,19)/b15-5+. The van der Waals surface area contributed by atoms with E-state index in [9.17, 15) is 20.0 Å². The summed E-state index contributed by atoms with van der Waals surface area (Å²) in [6.45, 7) is 0. The van der Waals surface area contributed by atoms with Crippen LogP contribution in [0.3, 0.4) is 0 Å². The van der Waals surface area contributed by atoms with Crippen molar-refractivity contribution in [2.75, 3.05) is 0 Å². The van der Waals surface area contributed by atoms with Gasteiger partial charge in [-0.2, -0.15) is 5.10 Å². The molecule has 0 saturated carbocycles. The molecule has 10 heteroatoms. The summed E-state index contributed by atoms with van der Waals surface area (Å²) in [6, 6.07) is 5.50. The van der Waals surface area contributed by atoms with Gasteiger partial charge in [-0.25, -0.2) is 5.43 Å². The molecule has 0 aliphatic rings. The summed E-state index contributed by atoms with van der Waals surface area (Å²) >= 11 is 6.31. The topological polar surface area (TPSA) is 118 Å². The van der Waals surface area contributed by atoms with Gasteiger partial charge < -0.3 is 9.52 Å². The molecule has 0 radical (unpaired) electrons. The number of amides is 1. The number of carbonyl (C=O) groups excluding carboxylic acids is 1. The van der Waals surface area contributed by atoms with Gasteiger partial charge in [-0.1, -0.05) is 15.9 Å². The fourth-order valence-electron chi connectivity index (χ4n) is 1.46. The highest BCUT2D eigenvalue weighted by Crippen LogP contribution is 2.31. The molecular formula is C12H7Br2N3O5. The molecule has 0 aliphatic carbocycles. The first-order valence-corrected chi connectivity index (χ1v) is 7.22. The molecule has 1 aromatic heterocycles. The first-order valence-electron chi connectivity index (χ1n) is 5.64. The lowest BCUT2D eigenvalue weighted by Crippen LogP contribution is -2.17. The van der Waals surface area contributed by atoms with Gasteiger partial charge in [0, 0.05) is 4.47 Å². The van der Waals surface area contributed by atoms with Crippen molar-refractivity contribution in [2.24, 2.45) is 5.10 Å². The fraction of sp³-hybridized carbons (Fsp3) is 0. The Balaban J connectivity index is 2.09. The van der Waals surface area contributed by atoms with Crippen LogP contribution >= 0.6 is 31.9 Å². The van der Waals surface area contributed by atoms with Gasteiger partial charge in [0.1, 0.15) is 10.7 Å². The van der Waals surface area contributed by atoms with Crippen LogP contribution in [0.25, 0.3) is 0 Å². The smallest absolute Gasteiger partial charge is 0.433 e. The first-order chi connectivity index (χ1) is 10.4. The number of rotatable bonds is 4. The molecule has 0 spiro atoms. The van der Waals surface area contributed by atoms with Crippen molar-refractivity contribution < 1.29 is 19.2 Å². The molecule has 0 unspecified atom stereocenters. The van der Waals surface area contributed by atoms with Gasteiger partial charge in [0.05, 0.1) is 22.3 Å². The zero-order valence-corrected chi connectivity index (χ0v) is 13.8. The predicted octanol–water partition coefficient (Wildman–Crippen LogP) is 3.18. The molecule has 8 nitrogen and oxygen atoms in total. The maximum atomic E-state index is 11.9. The minimum absolute atomic E-state index is 0.00354. The highest BCUT2D eigenvalue weighted by molar-refractivity contribution is 9.11. The highest BCUT2D eigenvalue weighted by atomic mass is 79.9. The Morgan fingerprint density at radius 3 is 2.77 bits per heavy atom. The number of nitro groups is 1. The molecule has 2 N–H and O–H groups in total. The van der Waals surface area contributed by atoms with Gasteiger partial charge in [-0.3, -0.25) is 14.9 Å². The van der Waals surface area contributed by atoms with Crippen LogP contribution in [0.15, 0.2) is 42.7 Å². The Bertz CT molecular complexity index is 772. The summed E-state index contributed by atoms with van der Waals surface area (Å²) in [5, 5.41) is 23.9. The van der Waals surface area contributed by atoms with E-state index in [1.807, 2.05) is 0 Å². The van der Waals surface area contributed by atoms with Gasteiger partial charge in [-0.15, -0.1) is 0 Å². The minimum atomic E-state index is -0.688. The average Bonchev–Trinajstić information content (AvgIpc) is 2.91. The van der Waals surface area contributed by atoms with Gasteiger partial charge in [0.2, 0.25) is 0 Å². The SMILES string of the molecule is O=C(N/N=C/c1ccc([N+](=O)[O-])o1)c1cc(Br)cc(Br)c1O. The number of furan rings is 1. The van der Waals surface area contributed by atoms with Crippen molar-refractivity contribution in [1.82, 2.24) is 5.43 Å². The summed E-state index contributed by atoms with van der Waals surface area (Å²) in [6.07, 6.45) is 1.11. The quantitative estimate of drug-likeness (QED) is 0.437. The number of hydrogen-bond acceptors (Lipinski definition) is 6. The maximum Gasteiger partial charge on any atom is 0.433 e. The van der Waals surface area contributed by atoms with Crippen molar-refractivity contribution in [3.8, 4) is 5.75 Å². The number of benzene rings is 1. The van der Waals surface area contributed by atoms with Crippen molar-refractivity contribution in [1.29, 1.82) is 0 Å². The van der Waals surface area contributed by atoms with Crippen LogP contribution in [0, 0.1) is 10.1 Å². The van der Waals surface area contributed by atoms with E-state index in [-0.39, 0.29) is 17.1 Å². The zero-order valence-electron chi connectivity index (χ0n) is 10.6. The number of carbonyl (C=O) groups is 1. The molecule has 0 aliphatic heterocycles. The van der Waals surface area contributed by atoms with Gasteiger partial charge in [0.15, 0.2) is 5.76 Å². The Hall–Kier alpha value is -2.20. The fourth-order valence-corrected chi connectivity index (χ4v) is 2.69. The second kappa shape index (κ2) is 6.71. The highest BCUT2D eigenvalue weighted by Gasteiger charge is 2.15. The number of hydrazone groups is 1. The monoisotopic (exact) mass is 431 g/mol. The third-order valence-electron chi connectivity index (χ3n) is 2.42. The number of nitrogens with one attached hydrogen (secondary N) is 1. The Morgan fingerprint density at radius 1 is 1.41 bits per heavy atom. The molecule has 22 heavy (non-hydrogen) atoms. The molecule has 0 fully saturated rings. The minimum Gasteiger partial charge on any atom is -0.506 e. The lowest BCUT2D eigenvalue weighted by atomic mass is 10.2. The van der Waals surface area contributed by atoms with E-state index in [1.54, 1.807) is 6.07 Å². The number of halogens is 2. The third-order valence-corrected chi connectivity index (χ3v) is 3.49. The average molecular weight is 433 g/mol. The number of phenols is 1.